The number of hydrogen-bond acceptors (Lipinski definition) is 4. The van der Waals surface area contributed by atoms with Gasteiger partial charge in [-0.3, -0.25) is 0 Å². The maximum Gasteiger partial charge on any atom is 0.211 e. The van der Waals surface area contributed by atoms with Crippen LogP contribution in [0.3, 0.4) is 0 Å². The molecule has 2 aromatic carbocycles. The highest BCUT2D eigenvalue weighted by Crippen LogP contribution is 2.41. The maximum atomic E-state index is 13.9. The lowest BCUT2D eigenvalue weighted by Crippen LogP contribution is -2.09. The van der Waals surface area contributed by atoms with Gasteiger partial charge < -0.3 is 19.9 Å². The van der Waals surface area contributed by atoms with Crippen molar-refractivity contribution in [2.45, 2.75) is 13.0 Å². The Balaban J connectivity index is 2.50. The molecule has 0 unspecified atom stereocenters. The summed E-state index contributed by atoms with van der Waals surface area (Å²) in [7, 11) is 3.05. The third-order valence-electron chi connectivity index (χ3n) is 3.06. The molecule has 4 nitrogen and oxygen atoms in total. The minimum atomic E-state index is -0.498. The molecule has 0 aliphatic rings. The van der Waals surface area contributed by atoms with Crippen LogP contribution in [0.4, 0.5) is 4.39 Å². The van der Waals surface area contributed by atoms with Crippen molar-refractivity contribution >= 4 is 0 Å². The van der Waals surface area contributed by atoms with E-state index in [0.29, 0.717) is 28.6 Å². The number of hydrogen-bond donors (Lipinski definition) is 1. The topological polar surface area (TPSA) is 53.7 Å². The Bertz CT molecular complexity index is 607. The van der Waals surface area contributed by atoms with Crippen molar-refractivity contribution in [1.29, 1.82) is 0 Å². The van der Waals surface area contributed by atoms with Gasteiger partial charge in [-0.25, -0.2) is 4.39 Å². The summed E-state index contributed by atoms with van der Waals surface area (Å²) < 4.78 is 30.3. The van der Waals surface area contributed by atoms with Gasteiger partial charge in [0, 0.05) is 11.6 Å². The van der Waals surface area contributed by atoms with E-state index in [1.165, 1.54) is 20.3 Å². The van der Waals surface area contributed by atoms with Crippen LogP contribution in [0.1, 0.15) is 18.5 Å². The van der Waals surface area contributed by atoms with E-state index in [9.17, 15) is 4.39 Å². The fourth-order valence-corrected chi connectivity index (χ4v) is 2.08. The molecule has 0 bridgehead atoms. The lowest BCUT2D eigenvalue weighted by Gasteiger charge is -2.17. The van der Waals surface area contributed by atoms with Crippen LogP contribution in [0.5, 0.6) is 23.0 Å². The Kier molecular flexibility index (Phi) is 4.65. The number of halogens is 1. The van der Waals surface area contributed by atoms with Gasteiger partial charge in [-0.1, -0.05) is 12.1 Å². The van der Waals surface area contributed by atoms with E-state index in [1.807, 2.05) is 0 Å². The first kappa shape index (κ1) is 15.1. The van der Waals surface area contributed by atoms with Crippen LogP contribution in [0.2, 0.25) is 0 Å². The molecule has 2 N–H and O–H groups in total. The van der Waals surface area contributed by atoms with E-state index < -0.39 is 11.9 Å². The predicted molar refractivity (Wildman–Crippen MR) is 78.6 cm³/mol. The first-order chi connectivity index (χ1) is 10.1. The molecule has 0 saturated heterocycles. The zero-order valence-corrected chi connectivity index (χ0v) is 12.2. The molecule has 0 amide bonds. The summed E-state index contributed by atoms with van der Waals surface area (Å²) in [6.45, 7) is 1.70. The maximum absolute atomic E-state index is 13.9. The summed E-state index contributed by atoms with van der Waals surface area (Å²) >= 11 is 0. The molecule has 0 spiro atoms. The van der Waals surface area contributed by atoms with Crippen LogP contribution in [0.25, 0.3) is 0 Å². The highest BCUT2D eigenvalue weighted by molar-refractivity contribution is 5.54. The van der Waals surface area contributed by atoms with Crippen molar-refractivity contribution in [3.8, 4) is 23.0 Å². The second kappa shape index (κ2) is 6.45. The molecule has 2 aromatic rings. The molecule has 0 fully saturated rings. The highest BCUT2D eigenvalue weighted by Gasteiger charge is 2.18. The van der Waals surface area contributed by atoms with Crippen molar-refractivity contribution in [1.82, 2.24) is 0 Å². The van der Waals surface area contributed by atoms with E-state index in [-0.39, 0.29) is 0 Å². The standard InChI is InChI=1S/C16H18FNO3/c1-10(18)15-11(17)6-4-7-12(15)21-16-13(19-2)8-5-9-14(16)20-3/h4-10H,18H2,1-3H3/t10-/m1/s1. The Morgan fingerprint density at radius 1 is 0.952 bits per heavy atom. The number of rotatable bonds is 5. The minimum Gasteiger partial charge on any atom is -0.493 e. The molecule has 5 heteroatoms. The third-order valence-corrected chi connectivity index (χ3v) is 3.06. The zero-order valence-electron chi connectivity index (χ0n) is 12.2. The van der Waals surface area contributed by atoms with Gasteiger partial charge in [0.05, 0.1) is 14.2 Å². The molecule has 0 aliphatic heterocycles. The summed E-state index contributed by atoms with van der Waals surface area (Å²) in [5, 5.41) is 0. The molecule has 0 radical (unpaired) electrons. The molecular formula is C16H18FNO3. The van der Waals surface area contributed by atoms with Crippen LogP contribution in [-0.4, -0.2) is 14.2 Å². The molecule has 2 rings (SSSR count). The van der Waals surface area contributed by atoms with Gasteiger partial charge in [-0.05, 0) is 31.2 Å². The van der Waals surface area contributed by atoms with Gasteiger partial charge in [-0.15, -0.1) is 0 Å². The van der Waals surface area contributed by atoms with E-state index in [0.717, 1.165) is 0 Å². The van der Waals surface area contributed by atoms with Gasteiger partial charge in [0.2, 0.25) is 5.75 Å². The summed E-state index contributed by atoms with van der Waals surface area (Å²) in [6, 6.07) is 9.34. The largest absolute Gasteiger partial charge is 0.493 e. The first-order valence-electron chi connectivity index (χ1n) is 6.51. The molecule has 21 heavy (non-hydrogen) atoms. The summed E-state index contributed by atoms with van der Waals surface area (Å²) in [5.74, 6) is 1.31. The number of methoxy groups -OCH3 is 2. The van der Waals surface area contributed by atoms with Crippen LogP contribution >= 0.6 is 0 Å². The van der Waals surface area contributed by atoms with E-state index in [4.69, 9.17) is 19.9 Å². The van der Waals surface area contributed by atoms with Gasteiger partial charge >= 0.3 is 0 Å². The molecule has 0 heterocycles. The predicted octanol–water partition coefficient (Wildman–Crippen LogP) is 3.65. The lowest BCUT2D eigenvalue weighted by atomic mass is 10.1. The number of ether oxygens (including phenoxy) is 3. The summed E-state index contributed by atoms with van der Waals surface area (Å²) in [6.07, 6.45) is 0. The Morgan fingerprint density at radius 3 is 2.00 bits per heavy atom. The lowest BCUT2D eigenvalue weighted by molar-refractivity contribution is 0.343. The van der Waals surface area contributed by atoms with Gasteiger partial charge in [0.1, 0.15) is 11.6 Å². The quantitative estimate of drug-likeness (QED) is 0.913. The number of benzene rings is 2. The second-order valence-electron chi connectivity index (χ2n) is 4.53. The number of nitrogens with two attached hydrogens (primary N) is 1. The van der Waals surface area contributed by atoms with Crippen LogP contribution in [-0.2, 0) is 0 Å². The number of para-hydroxylation sites is 1. The Hall–Kier alpha value is -2.27. The van der Waals surface area contributed by atoms with Gasteiger partial charge in [0.15, 0.2) is 11.5 Å². The van der Waals surface area contributed by atoms with Crippen molar-refractivity contribution in [2.75, 3.05) is 14.2 Å². The van der Waals surface area contributed by atoms with Crippen molar-refractivity contribution in [3.63, 3.8) is 0 Å². The fraction of sp³-hybridized carbons (Fsp3) is 0.250. The zero-order chi connectivity index (χ0) is 15.4. The monoisotopic (exact) mass is 291 g/mol. The van der Waals surface area contributed by atoms with E-state index >= 15 is 0 Å². The van der Waals surface area contributed by atoms with Crippen molar-refractivity contribution in [3.05, 3.63) is 47.8 Å². The average Bonchev–Trinajstić information content (AvgIpc) is 2.47. The highest BCUT2D eigenvalue weighted by atomic mass is 19.1. The van der Waals surface area contributed by atoms with Crippen molar-refractivity contribution < 1.29 is 18.6 Å². The Morgan fingerprint density at radius 2 is 1.48 bits per heavy atom. The normalized spacial score (nSPS) is 11.9. The molecule has 112 valence electrons. The van der Waals surface area contributed by atoms with Crippen LogP contribution < -0.4 is 19.9 Å². The molecular weight excluding hydrogens is 273 g/mol. The van der Waals surface area contributed by atoms with Crippen LogP contribution in [0, 0.1) is 5.82 Å². The van der Waals surface area contributed by atoms with Crippen molar-refractivity contribution in [2.24, 2.45) is 5.73 Å². The molecule has 1 atom stereocenters. The third kappa shape index (κ3) is 3.08. The first-order valence-corrected chi connectivity index (χ1v) is 6.51. The average molecular weight is 291 g/mol. The minimum absolute atomic E-state index is 0.311. The van der Waals surface area contributed by atoms with Crippen LogP contribution in [0.15, 0.2) is 36.4 Å². The Labute approximate surface area is 123 Å². The van der Waals surface area contributed by atoms with Gasteiger partial charge in [0.25, 0.3) is 0 Å². The SMILES string of the molecule is COc1cccc(OC)c1Oc1cccc(F)c1[C@@H](C)N. The molecule has 0 saturated carbocycles. The smallest absolute Gasteiger partial charge is 0.211 e. The summed E-state index contributed by atoms with van der Waals surface area (Å²) in [4.78, 5) is 0. The summed E-state index contributed by atoms with van der Waals surface area (Å²) in [5.41, 5.74) is 6.14. The fourth-order valence-electron chi connectivity index (χ4n) is 2.08. The second-order valence-corrected chi connectivity index (χ2v) is 4.53. The van der Waals surface area contributed by atoms with E-state index in [1.54, 1.807) is 37.3 Å². The van der Waals surface area contributed by atoms with E-state index in [2.05, 4.69) is 0 Å². The van der Waals surface area contributed by atoms with Gasteiger partial charge in [-0.2, -0.15) is 0 Å². The molecule has 0 aromatic heterocycles. The molecule has 0 aliphatic carbocycles.